The first-order chi connectivity index (χ1) is 13.2. The Hall–Kier alpha value is -4.48. The van der Waals surface area contributed by atoms with E-state index in [1.54, 1.807) is 60.7 Å². The third-order valence-electron chi connectivity index (χ3n) is 3.65. The number of benzene rings is 2. The molecule has 8 heteroatoms. The smallest absolute Gasteiger partial charge is 0.257 e. The van der Waals surface area contributed by atoms with E-state index in [1.807, 2.05) is 0 Å². The Morgan fingerprint density at radius 2 is 1.67 bits per heavy atom. The number of hydrogen-bond acceptors (Lipinski definition) is 7. The summed E-state index contributed by atoms with van der Waals surface area (Å²) in [6.07, 6.45) is 0. The fraction of sp³-hybridized carbons (Fsp3) is 0.0526. The van der Waals surface area contributed by atoms with Crippen LogP contribution in [0.3, 0.4) is 0 Å². The van der Waals surface area contributed by atoms with Crippen molar-refractivity contribution in [1.82, 2.24) is 0 Å². The van der Waals surface area contributed by atoms with E-state index in [2.05, 4.69) is 10.6 Å². The van der Waals surface area contributed by atoms with Gasteiger partial charge in [-0.2, -0.15) is 15.8 Å². The predicted molar refractivity (Wildman–Crippen MR) is 94.4 cm³/mol. The lowest BCUT2D eigenvalue weighted by Gasteiger charge is -2.12. The molecule has 0 unspecified atom stereocenters. The van der Waals surface area contributed by atoms with Gasteiger partial charge in [-0.3, -0.25) is 4.79 Å². The predicted octanol–water partition coefficient (Wildman–Crippen LogP) is 2.90. The molecule has 8 nitrogen and oxygen atoms in total. The number of rotatable bonds is 4. The van der Waals surface area contributed by atoms with Gasteiger partial charge in [0.25, 0.3) is 5.91 Å². The molecule has 2 aromatic rings. The number of anilines is 2. The molecule has 0 bridgehead atoms. The molecule has 27 heavy (non-hydrogen) atoms. The van der Waals surface area contributed by atoms with Crippen LogP contribution in [0.2, 0.25) is 0 Å². The molecule has 0 atom stereocenters. The third kappa shape index (κ3) is 3.63. The quantitative estimate of drug-likeness (QED) is 0.804. The van der Waals surface area contributed by atoms with E-state index in [-0.39, 0.29) is 29.3 Å². The maximum atomic E-state index is 12.7. The second-order valence-electron chi connectivity index (χ2n) is 5.28. The molecule has 0 spiro atoms. The summed E-state index contributed by atoms with van der Waals surface area (Å²) in [5, 5.41) is 32.5. The number of ether oxygens (including phenoxy) is 2. The molecule has 2 aromatic carbocycles. The number of carbonyl (C=O) groups is 1. The highest BCUT2D eigenvalue weighted by molar-refractivity contribution is 6.08. The summed E-state index contributed by atoms with van der Waals surface area (Å²) in [7, 11) is 0. The van der Waals surface area contributed by atoms with E-state index < -0.39 is 5.91 Å². The number of carbonyl (C=O) groups excluding carboxylic acids is 1. The van der Waals surface area contributed by atoms with Gasteiger partial charge in [0.15, 0.2) is 17.1 Å². The molecule has 3 rings (SSSR count). The minimum Gasteiger partial charge on any atom is -0.454 e. The average Bonchev–Trinajstić information content (AvgIpc) is 3.16. The van der Waals surface area contributed by atoms with Crippen LogP contribution in [0, 0.1) is 34.0 Å². The van der Waals surface area contributed by atoms with Crippen molar-refractivity contribution in [2.24, 2.45) is 0 Å². The van der Waals surface area contributed by atoms with Crippen molar-refractivity contribution < 1.29 is 14.3 Å². The number of hydrogen-bond donors (Lipinski definition) is 2. The van der Waals surface area contributed by atoms with E-state index in [9.17, 15) is 10.1 Å². The van der Waals surface area contributed by atoms with Gasteiger partial charge in [0.1, 0.15) is 23.9 Å². The molecule has 0 saturated carbocycles. The first-order valence-corrected chi connectivity index (χ1v) is 7.68. The zero-order chi connectivity index (χ0) is 19.2. The van der Waals surface area contributed by atoms with Gasteiger partial charge in [-0.05, 0) is 24.3 Å². The maximum absolute atomic E-state index is 12.7. The van der Waals surface area contributed by atoms with Gasteiger partial charge >= 0.3 is 0 Å². The van der Waals surface area contributed by atoms with Crippen LogP contribution in [0.5, 0.6) is 11.5 Å². The third-order valence-corrected chi connectivity index (χ3v) is 3.65. The fourth-order valence-corrected chi connectivity index (χ4v) is 2.38. The summed E-state index contributed by atoms with van der Waals surface area (Å²) < 4.78 is 10.5. The largest absolute Gasteiger partial charge is 0.454 e. The number of para-hydroxylation sites is 1. The molecule has 0 aromatic heterocycles. The van der Waals surface area contributed by atoms with E-state index in [1.165, 1.54) is 0 Å². The summed E-state index contributed by atoms with van der Waals surface area (Å²) in [5.41, 5.74) is 0.421. The van der Waals surface area contributed by atoms with Crippen LogP contribution in [0.1, 0.15) is 10.4 Å². The maximum Gasteiger partial charge on any atom is 0.257 e. The molecule has 1 amide bonds. The summed E-state index contributed by atoms with van der Waals surface area (Å²) >= 11 is 0. The van der Waals surface area contributed by atoms with Crippen molar-refractivity contribution in [2.75, 3.05) is 17.4 Å². The standard InChI is InChI=1S/C19H11N5O3/c20-8-12(9-21)16(10-22)24-15-4-2-1-3-14(15)19(25)23-13-5-6-17-18(7-13)27-11-26-17/h1-7,24H,11H2,(H,23,25). The van der Waals surface area contributed by atoms with Gasteiger partial charge in [0.2, 0.25) is 6.79 Å². The van der Waals surface area contributed by atoms with Crippen LogP contribution in [-0.4, -0.2) is 12.7 Å². The van der Waals surface area contributed by atoms with Gasteiger partial charge in [0, 0.05) is 11.8 Å². The number of nitrogens with zero attached hydrogens (tertiary/aromatic N) is 3. The SMILES string of the molecule is N#CC(C#N)=C(C#N)Nc1ccccc1C(=O)Nc1ccc2c(c1)OCO2. The number of fused-ring (bicyclic) bond motifs is 1. The van der Waals surface area contributed by atoms with Crippen LogP contribution in [0.25, 0.3) is 0 Å². The average molecular weight is 357 g/mol. The van der Waals surface area contributed by atoms with Crippen molar-refractivity contribution in [3.63, 3.8) is 0 Å². The normalized spacial score (nSPS) is 10.7. The van der Waals surface area contributed by atoms with Crippen molar-refractivity contribution >= 4 is 17.3 Å². The van der Waals surface area contributed by atoms with Crippen LogP contribution in [0.4, 0.5) is 11.4 Å². The van der Waals surface area contributed by atoms with Gasteiger partial charge in [0.05, 0.1) is 11.3 Å². The highest BCUT2D eigenvalue weighted by Crippen LogP contribution is 2.34. The van der Waals surface area contributed by atoms with E-state index >= 15 is 0 Å². The van der Waals surface area contributed by atoms with Gasteiger partial charge in [-0.25, -0.2) is 0 Å². The Kier molecular flexibility index (Phi) is 4.89. The molecule has 0 aliphatic carbocycles. The Morgan fingerprint density at radius 1 is 0.926 bits per heavy atom. The van der Waals surface area contributed by atoms with Gasteiger partial charge < -0.3 is 20.1 Å². The second kappa shape index (κ2) is 7.60. The number of allylic oxidation sites excluding steroid dienone is 2. The second-order valence-corrected chi connectivity index (χ2v) is 5.28. The highest BCUT2D eigenvalue weighted by atomic mass is 16.7. The van der Waals surface area contributed by atoms with Gasteiger partial charge in [-0.1, -0.05) is 12.1 Å². The van der Waals surface area contributed by atoms with Crippen LogP contribution in [-0.2, 0) is 0 Å². The minimum atomic E-state index is -0.440. The lowest BCUT2D eigenvalue weighted by Crippen LogP contribution is -2.15. The summed E-state index contributed by atoms with van der Waals surface area (Å²) in [5.74, 6) is 0.686. The Bertz CT molecular complexity index is 1050. The van der Waals surface area contributed by atoms with Gasteiger partial charge in [-0.15, -0.1) is 0 Å². The molecule has 1 aliphatic heterocycles. The molecule has 0 fully saturated rings. The molecule has 1 heterocycles. The summed E-state index contributed by atoms with van der Waals surface area (Å²) in [6, 6.07) is 16.5. The highest BCUT2D eigenvalue weighted by Gasteiger charge is 2.17. The summed E-state index contributed by atoms with van der Waals surface area (Å²) in [4.78, 5) is 12.7. The number of amides is 1. The number of nitrogens with one attached hydrogen (secondary N) is 2. The van der Waals surface area contributed by atoms with Crippen LogP contribution < -0.4 is 20.1 Å². The zero-order valence-electron chi connectivity index (χ0n) is 13.8. The first kappa shape index (κ1) is 17.3. The lowest BCUT2D eigenvalue weighted by atomic mass is 10.1. The van der Waals surface area contributed by atoms with Crippen molar-refractivity contribution in [2.45, 2.75) is 0 Å². The molecule has 0 radical (unpaired) electrons. The minimum absolute atomic E-state index is 0.128. The molecular weight excluding hydrogens is 346 g/mol. The zero-order valence-corrected chi connectivity index (χ0v) is 13.8. The monoisotopic (exact) mass is 357 g/mol. The topological polar surface area (TPSA) is 131 Å². The first-order valence-electron chi connectivity index (χ1n) is 7.68. The van der Waals surface area contributed by atoms with Crippen LogP contribution in [0.15, 0.2) is 53.7 Å². The van der Waals surface area contributed by atoms with Crippen molar-refractivity contribution in [3.8, 4) is 29.7 Å². The van der Waals surface area contributed by atoms with E-state index in [0.29, 0.717) is 17.2 Å². The Balaban J connectivity index is 1.87. The lowest BCUT2D eigenvalue weighted by molar-refractivity contribution is 0.102. The molecule has 0 saturated heterocycles. The van der Waals surface area contributed by atoms with Crippen molar-refractivity contribution in [1.29, 1.82) is 15.8 Å². The molecule has 130 valence electrons. The van der Waals surface area contributed by atoms with Crippen molar-refractivity contribution in [3.05, 3.63) is 59.3 Å². The number of nitriles is 3. The Morgan fingerprint density at radius 3 is 2.41 bits per heavy atom. The van der Waals surface area contributed by atoms with E-state index in [4.69, 9.17) is 20.0 Å². The Labute approximate surface area is 154 Å². The molecule has 2 N–H and O–H groups in total. The molecular formula is C19H11N5O3. The molecule has 1 aliphatic rings. The van der Waals surface area contributed by atoms with Crippen LogP contribution >= 0.6 is 0 Å². The van der Waals surface area contributed by atoms with E-state index in [0.717, 1.165) is 0 Å². The summed E-state index contributed by atoms with van der Waals surface area (Å²) in [6.45, 7) is 0.128. The fourth-order valence-electron chi connectivity index (χ4n) is 2.38.